The first-order valence-corrected chi connectivity index (χ1v) is 13.7. The number of carboxylic acid groups (broad SMARTS) is 1. The third-order valence-corrected chi connectivity index (χ3v) is 6.52. The summed E-state index contributed by atoms with van der Waals surface area (Å²) in [5.74, 6) is -4.89. The molecule has 0 spiro atoms. The van der Waals surface area contributed by atoms with Crippen LogP contribution in [0.2, 0.25) is 0 Å². The Morgan fingerprint density at radius 1 is 0.957 bits per heavy atom. The van der Waals surface area contributed by atoms with Gasteiger partial charge in [-0.05, 0) is 36.8 Å². The summed E-state index contributed by atoms with van der Waals surface area (Å²) in [6, 6.07) is 5.44. The number of alkyl halides is 3. The number of aliphatic carboxylic acids is 1. The summed E-state index contributed by atoms with van der Waals surface area (Å²) in [4.78, 5) is 40.7. The molecule has 240 valence electrons. The molecule has 1 aromatic heterocycles. The Balaban J connectivity index is 0.00000500. The molecule has 3 heterocycles. The van der Waals surface area contributed by atoms with Crippen molar-refractivity contribution in [2.45, 2.75) is 32.0 Å². The minimum atomic E-state index is -4.76. The molecular weight excluding hydrogens is 642 g/mol. The number of carboxylic acids is 1. The van der Waals surface area contributed by atoms with Crippen LogP contribution >= 0.6 is 0 Å². The molecule has 2 aliphatic heterocycles. The van der Waals surface area contributed by atoms with Crippen LogP contribution < -0.4 is 4.74 Å². The van der Waals surface area contributed by atoms with Crippen LogP contribution in [0.5, 0.6) is 5.75 Å². The fourth-order valence-electron chi connectivity index (χ4n) is 4.37. The fourth-order valence-corrected chi connectivity index (χ4v) is 4.37. The van der Waals surface area contributed by atoms with E-state index >= 15 is 0 Å². The third kappa shape index (κ3) is 8.07. The average molecular weight is 667 g/mol. The first-order chi connectivity index (χ1) is 22.0. The number of fused-ring (bicyclic) bond motifs is 1. The molecule has 0 saturated heterocycles. The van der Waals surface area contributed by atoms with Crippen LogP contribution in [0, 0.1) is 11.6 Å². The molecule has 1 N–H and O–H groups in total. The quantitative estimate of drug-likeness (QED) is 0.117. The molecule has 1 unspecified atom stereocenters. The van der Waals surface area contributed by atoms with Gasteiger partial charge in [-0.3, -0.25) is 9.48 Å². The SMILES string of the molecule is CCCOc1ccc(-c2ncc(C(C(=O)OCCC(=O)O)n3cc4nc(-c5cccc(F)c5F)nc-4cn3)cn2)c(C(F)(F)F)c1.[NaH]. The number of ether oxygens (including phenoxy) is 2. The predicted octanol–water partition coefficient (Wildman–Crippen LogP) is 4.95. The van der Waals surface area contributed by atoms with Crippen molar-refractivity contribution in [3.05, 3.63) is 83.9 Å². The van der Waals surface area contributed by atoms with Crippen molar-refractivity contribution in [2.75, 3.05) is 13.2 Å². The van der Waals surface area contributed by atoms with Crippen LogP contribution in [0.3, 0.4) is 0 Å². The molecule has 0 radical (unpaired) electrons. The minimum absolute atomic E-state index is 0. The normalized spacial score (nSPS) is 12.0. The first kappa shape index (κ1) is 35.3. The van der Waals surface area contributed by atoms with E-state index in [1.807, 2.05) is 6.92 Å². The standard InChI is InChI=1S/C30H23F5N6O5.Na.H/c1-2-9-45-17-6-7-18(20(11-17)30(33,34)35)27-36-12-16(13-37-27)26(29(44)46-10-8-24(42)43)41-15-23-22(14-38-41)39-28(40-23)19-4-3-5-21(31)25(19)32;;/h3-7,11-15,26H,2,8-10H2,1H3,(H,42,43);;. The van der Waals surface area contributed by atoms with Crippen LogP contribution in [0.25, 0.3) is 34.2 Å². The van der Waals surface area contributed by atoms with Crippen LogP contribution in [0.1, 0.15) is 36.9 Å². The first-order valence-electron chi connectivity index (χ1n) is 13.7. The van der Waals surface area contributed by atoms with Gasteiger partial charge in [0.05, 0.1) is 36.5 Å². The summed E-state index contributed by atoms with van der Waals surface area (Å²) in [6.45, 7) is 1.55. The number of hydrogen-bond donors (Lipinski definition) is 1. The second-order valence-electron chi connectivity index (χ2n) is 9.78. The molecule has 3 aromatic rings. The number of hydrogen-bond acceptors (Lipinski definition) is 9. The summed E-state index contributed by atoms with van der Waals surface area (Å²) in [6.07, 6.45) is 0.0118. The molecule has 0 amide bonds. The van der Waals surface area contributed by atoms with Crippen molar-refractivity contribution in [3.8, 4) is 39.9 Å². The van der Waals surface area contributed by atoms with Gasteiger partial charge in [-0.25, -0.2) is 33.5 Å². The van der Waals surface area contributed by atoms with Gasteiger partial charge in [0.2, 0.25) is 0 Å². The molecule has 11 nitrogen and oxygen atoms in total. The van der Waals surface area contributed by atoms with Gasteiger partial charge in [0.15, 0.2) is 29.3 Å². The maximum atomic E-state index is 14.4. The summed E-state index contributed by atoms with van der Waals surface area (Å²) in [5, 5.41) is 13.1. The van der Waals surface area contributed by atoms with E-state index in [2.05, 4.69) is 25.0 Å². The van der Waals surface area contributed by atoms with E-state index in [4.69, 9.17) is 14.6 Å². The number of carbonyl (C=O) groups excluding carboxylic acids is 1. The van der Waals surface area contributed by atoms with Crippen molar-refractivity contribution in [2.24, 2.45) is 0 Å². The Morgan fingerprint density at radius 3 is 2.36 bits per heavy atom. The second kappa shape index (κ2) is 14.9. The van der Waals surface area contributed by atoms with E-state index in [0.717, 1.165) is 29.2 Å². The van der Waals surface area contributed by atoms with Crippen LogP contribution in [0.15, 0.2) is 61.2 Å². The number of halogens is 5. The van der Waals surface area contributed by atoms with E-state index in [9.17, 15) is 31.5 Å². The van der Waals surface area contributed by atoms with Crippen LogP contribution in [-0.2, 0) is 20.5 Å². The number of benzene rings is 2. The monoisotopic (exact) mass is 666 g/mol. The van der Waals surface area contributed by atoms with Crippen LogP contribution in [0.4, 0.5) is 22.0 Å². The Labute approximate surface area is 285 Å². The summed E-state index contributed by atoms with van der Waals surface area (Å²) in [5.41, 5.74) is -1.26. The maximum absolute atomic E-state index is 14.4. The number of esters is 1. The number of rotatable bonds is 11. The zero-order valence-electron chi connectivity index (χ0n) is 23.8. The van der Waals surface area contributed by atoms with Gasteiger partial charge in [0.1, 0.15) is 23.7 Å². The molecule has 0 aliphatic carbocycles. The number of nitrogens with zero attached hydrogens (tertiary/aromatic N) is 6. The Bertz CT molecular complexity index is 1850. The predicted molar refractivity (Wildman–Crippen MR) is 157 cm³/mol. The number of imidazole rings is 1. The van der Waals surface area contributed by atoms with Crippen molar-refractivity contribution in [1.29, 1.82) is 0 Å². The van der Waals surface area contributed by atoms with Crippen molar-refractivity contribution in [3.63, 3.8) is 0 Å². The van der Waals surface area contributed by atoms with E-state index < -0.39 is 54.4 Å². The average Bonchev–Trinajstić information content (AvgIpc) is 3.44. The molecule has 1 atom stereocenters. The van der Waals surface area contributed by atoms with Gasteiger partial charge in [-0.2, -0.15) is 18.3 Å². The molecule has 0 fully saturated rings. The van der Waals surface area contributed by atoms with Gasteiger partial charge < -0.3 is 14.6 Å². The molecule has 47 heavy (non-hydrogen) atoms. The zero-order chi connectivity index (χ0) is 33.0. The second-order valence-corrected chi connectivity index (χ2v) is 9.78. The third-order valence-electron chi connectivity index (χ3n) is 6.52. The van der Waals surface area contributed by atoms with Gasteiger partial charge in [0, 0.05) is 23.5 Å². The number of aromatic nitrogens is 6. The van der Waals surface area contributed by atoms with Gasteiger partial charge in [0.25, 0.3) is 0 Å². The number of carbonyl (C=O) groups is 2. The molecule has 5 rings (SSSR count). The van der Waals surface area contributed by atoms with Gasteiger partial charge >= 0.3 is 47.7 Å². The van der Waals surface area contributed by atoms with Gasteiger partial charge in [-0.1, -0.05) is 13.0 Å². The molecule has 2 aliphatic rings. The summed E-state index contributed by atoms with van der Waals surface area (Å²) >= 11 is 0. The Hall–Kier alpha value is -4.54. The van der Waals surface area contributed by atoms with Crippen molar-refractivity contribution < 1.29 is 46.1 Å². The van der Waals surface area contributed by atoms with Crippen molar-refractivity contribution >= 4 is 41.5 Å². The Kier molecular flexibility index (Phi) is 11.2. The van der Waals surface area contributed by atoms with Crippen molar-refractivity contribution in [1.82, 2.24) is 29.7 Å². The zero-order valence-corrected chi connectivity index (χ0v) is 23.8. The summed E-state index contributed by atoms with van der Waals surface area (Å²) in [7, 11) is 0. The summed E-state index contributed by atoms with van der Waals surface area (Å²) < 4.78 is 81.6. The van der Waals surface area contributed by atoms with Gasteiger partial charge in [-0.15, -0.1) is 0 Å². The molecule has 0 saturated carbocycles. The van der Waals surface area contributed by atoms with Crippen LogP contribution in [-0.4, -0.2) is 89.5 Å². The molecule has 17 heteroatoms. The topological polar surface area (TPSA) is 142 Å². The molecule has 0 bridgehead atoms. The van der Waals surface area contributed by atoms with E-state index in [1.54, 1.807) is 0 Å². The Morgan fingerprint density at radius 2 is 1.68 bits per heavy atom. The fraction of sp³-hybridized carbons (Fsp3) is 0.233. The molecule has 2 aromatic carbocycles. The van der Waals surface area contributed by atoms with E-state index in [0.29, 0.717) is 6.42 Å². The van der Waals surface area contributed by atoms with E-state index in [-0.39, 0.29) is 81.6 Å². The van der Waals surface area contributed by atoms with E-state index in [1.165, 1.54) is 36.7 Å². The molecular formula is C30H24F5N6NaO5.